The molecule has 3 unspecified atom stereocenters. The van der Waals surface area contributed by atoms with Crippen LogP contribution in [0.3, 0.4) is 0 Å². The van der Waals surface area contributed by atoms with Crippen molar-refractivity contribution in [3.63, 3.8) is 0 Å². The zero-order valence-electron chi connectivity index (χ0n) is 10.5. The fourth-order valence-corrected chi connectivity index (χ4v) is 5.18. The Hall–Kier alpha value is 0.550. The molecule has 6 heteroatoms. The minimum atomic E-state index is -3.18. The van der Waals surface area contributed by atoms with Crippen molar-refractivity contribution < 1.29 is 8.42 Å². The van der Waals surface area contributed by atoms with Crippen molar-refractivity contribution in [1.29, 1.82) is 0 Å². The molecule has 0 heterocycles. The topological polar surface area (TPSA) is 46.2 Å². The standard InChI is InChI=1S/C11H22ClNO2S2/c1-9(7-12)8-17(14,15)13-10-5-3-4-6-11(10)16-2/h9-11,13H,3-8H2,1-2H3. The molecule has 0 aliphatic heterocycles. The summed E-state index contributed by atoms with van der Waals surface area (Å²) in [6.45, 7) is 1.86. The minimum Gasteiger partial charge on any atom is -0.212 e. The van der Waals surface area contributed by atoms with Crippen LogP contribution >= 0.6 is 23.4 Å². The Morgan fingerprint density at radius 2 is 2.06 bits per heavy atom. The summed E-state index contributed by atoms with van der Waals surface area (Å²) in [5.41, 5.74) is 0. The van der Waals surface area contributed by atoms with E-state index in [1.807, 2.05) is 6.92 Å². The largest absolute Gasteiger partial charge is 0.212 e. The number of nitrogens with one attached hydrogen (secondary N) is 1. The fraction of sp³-hybridized carbons (Fsp3) is 1.00. The molecular weight excluding hydrogens is 278 g/mol. The number of sulfonamides is 1. The third kappa shape index (κ3) is 5.37. The predicted octanol–water partition coefficient (Wildman–Crippen LogP) is 2.45. The van der Waals surface area contributed by atoms with Gasteiger partial charge in [0.2, 0.25) is 10.0 Å². The molecule has 0 bridgehead atoms. The van der Waals surface area contributed by atoms with Crippen LogP contribution in [0.25, 0.3) is 0 Å². The maximum atomic E-state index is 12.0. The van der Waals surface area contributed by atoms with E-state index in [-0.39, 0.29) is 17.7 Å². The summed E-state index contributed by atoms with van der Waals surface area (Å²) in [6.07, 6.45) is 6.45. The number of alkyl halides is 1. The van der Waals surface area contributed by atoms with Gasteiger partial charge in [-0.05, 0) is 25.0 Å². The Kier molecular flexibility index (Phi) is 6.62. The van der Waals surface area contributed by atoms with E-state index in [1.165, 1.54) is 6.42 Å². The molecule has 1 fully saturated rings. The SMILES string of the molecule is CSC1CCCCC1NS(=O)(=O)CC(C)CCl. The van der Waals surface area contributed by atoms with Crippen molar-refractivity contribution >= 4 is 33.4 Å². The van der Waals surface area contributed by atoms with E-state index in [0.717, 1.165) is 19.3 Å². The smallest absolute Gasteiger partial charge is 0.212 e. The first-order valence-electron chi connectivity index (χ1n) is 6.07. The van der Waals surface area contributed by atoms with Gasteiger partial charge in [-0.1, -0.05) is 19.8 Å². The normalized spacial score (nSPS) is 27.9. The minimum absolute atomic E-state index is 0.00508. The summed E-state index contributed by atoms with van der Waals surface area (Å²) in [5.74, 6) is 0.525. The molecule has 1 saturated carbocycles. The molecule has 0 aromatic rings. The molecule has 1 aliphatic rings. The third-order valence-corrected chi connectivity index (χ3v) is 6.47. The number of hydrogen-bond acceptors (Lipinski definition) is 3. The van der Waals surface area contributed by atoms with E-state index < -0.39 is 10.0 Å². The van der Waals surface area contributed by atoms with E-state index >= 15 is 0 Å². The quantitative estimate of drug-likeness (QED) is 0.766. The highest BCUT2D eigenvalue weighted by atomic mass is 35.5. The highest BCUT2D eigenvalue weighted by Gasteiger charge is 2.28. The zero-order valence-corrected chi connectivity index (χ0v) is 12.9. The van der Waals surface area contributed by atoms with Crippen molar-refractivity contribution in [2.75, 3.05) is 17.9 Å². The van der Waals surface area contributed by atoms with Gasteiger partial charge in [0.25, 0.3) is 0 Å². The molecule has 1 rings (SSSR count). The molecule has 0 spiro atoms. The molecule has 1 aliphatic carbocycles. The van der Waals surface area contributed by atoms with Crippen LogP contribution in [0.4, 0.5) is 0 Å². The molecule has 0 aromatic heterocycles. The van der Waals surface area contributed by atoms with Crippen molar-refractivity contribution in [2.45, 2.75) is 43.9 Å². The third-order valence-electron chi connectivity index (χ3n) is 3.10. The van der Waals surface area contributed by atoms with E-state index in [1.54, 1.807) is 11.8 Å². The first-order chi connectivity index (χ1) is 7.98. The lowest BCUT2D eigenvalue weighted by molar-refractivity contribution is 0.422. The molecular formula is C11H22ClNO2S2. The van der Waals surface area contributed by atoms with Crippen LogP contribution in [0, 0.1) is 5.92 Å². The molecule has 0 saturated heterocycles. The lowest BCUT2D eigenvalue weighted by atomic mass is 9.96. The molecule has 1 N–H and O–H groups in total. The first-order valence-corrected chi connectivity index (χ1v) is 9.54. The number of thioether (sulfide) groups is 1. The summed E-state index contributed by atoms with van der Waals surface area (Å²) < 4.78 is 26.8. The van der Waals surface area contributed by atoms with Crippen LogP contribution in [0.5, 0.6) is 0 Å². The van der Waals surface area contributed by atoms with E-state index in [4.69, 9.17) is 11.6 Å². The van der Waals surface area contributed by atoms with Gasteiger partial charge in [0.1, 0.15) is 0 Å². The summed E-state index contributed by atoms with van der Waals surface area (Å²) in [7, 11) is -3.18. The second kappa shape index (κ2) is 7.22. The predicted molar refractivity (Wildman–Crippen MR) is 76.4 cm³/mol. The highest BCUT2D eigenvalue weighted by molar-refractivity contribution is 7.99. The van der Waals surface area contributed by atoms with Crippen LogP contribution in [0.1, 0.15) is 32.6 Å². The Labute approximate surface area is 114 Å². The summed E-state index contributed by atoms with van der Waals surface area (Å²) in [6, 6.07) is 0.103. The molecule has 3 atom stereocenters. The van der Waals surface area contributed by atoms with Gasteiger partial charge >= 0.3 is 0 Å². The van der Waals surface area contributed by atoms with Crippen LogP contribution in [0.15, 0.2) is 0 Å². The number of rotatable bonds is 6. The van der Waals surface area contributed by atoms with Crippen molar-refractivity contribution in [3.8, 4) is 0 Å². The van der Waals surface area contributed by atoms with Gasteiger partial charge < -0.3 is 0 Å². The maximum absolute atomic E-state index is 12.0. The van der Waals surface area contributed by atoms with Crippen LogP contribution < -0.4 is 4.72 Å². The summed E-state index contributed by atoms with van der Waals surface area (Å²) in [4.78, 5) is 0. The Bertz CT molecular complexity index is 321. The average Bonchev–Trinajstić information content (AvgIpc) is 2.28. The van der Waals surface area contributed by atoms with Gasteiger partial charge in [0, 0.05) is 17.2 Å². The van der Waals surface area contributed by atoms with Gasteiger partial charge in [0.15, 0.2) is 0 Å². The highest BCUT2D eigenvalue weighted by Crippen LogP contribution is 2.27. The number of hydrogen-bond donors (Lipinski definition) is 1. The second-order valence-electron chi connectivity index (χ2n) is 4.82. The van der Waals surface area contributed by atoms with Gasteiger partial charge in [-0.3, -0.25) is 0 Å². The van der Waals surface area contributed by atoms with Crippen LogP contribution in [-0.2, 0) is 10.0 Å². The maximum Gasteiger partial charge on any atom is 0.212 e. The van der Waals surface area contributed by atoms with Gasteiger partial charge in [0.05, 0.1) is 5.75 Å². The second-order valence-corrected chi connectivity index (χ2v) is 8.01. The van der Waals surface area contributed by atoms with Gasteiger partial charge in [-0.2, -0.15) is 11.8 Å². The number of halogens is 1. The molecule has 102 valence electrons. The van der Waals surface area contributed by atoms with Crippen LogP contribution in [0.2, 0.25) is 0 Å². The molecule has 0 radical (unpaired) electrons. The monoisotopic (exact) mass is 299 g/mol. The van der Waals surface area contributed by atoms with Crippen molar-refractivity contribution in [1.82, 2.24) is 4.72 Å². The van der Waals surface area contributed by atoms with E-state index in [9.17, 15) is 8.42 Å². The van der Waals surface area contributed by atoms with E-state index in [2.05, 4.69) is 11.0 Å². The van der Waals surface area contributed by atoms with Crippen molar-refractivity contribution in [2.24, 2.45) is 5.92 Å². The summed E-state index contributed by atoms with van der Waals surface area (Å²) in [5, 5.41) is 0.421. The molecule has 0 amide bonds. The molecule has 0 aromatic carbocycles. The first kappa shape index (κ1) is 15.6. The lowest BCUT2D eigenvalue weighted by Crippen LogP contribution is -2.45. The Morgan fingerprint density at radius 3 is 2.65 bits per heavy atom. The fourth-order valence-electron chi connectivity index (χ4n) is 2.21. The van der Waals surface area contributed by atoms with E-state index in [0.29, 0.717) is 11.1 Å². The summed E-state index contributed by atoms with van der Waals surface area (Å²) >= 11 is 7.43. The van der Waals surface area contributed by atoms with Crippen LogP contribution in [-0.4, -0.2) is 37.6 Å². The zero-order chi connectivity index (χ0) is 12.9. The lowest BCUT2D eigenvalue weighted by Gasteiger charge is -2.30. The average molecular weight is 300 g/mol. The van der Waals surface area contributed by atoms with Crippen molar-refractivity contribution in [3.05, 3.63) is 0 Å². The molecule has 17 heavy (non-hydrogen) atoms. The molecule has 3 nitrogen and oxygen atoms in total. The van der Waals surface area contributed by atoms with Gasteiger partial charge in [-0.15, -0.1) is 11.6 Å². The van der Waals surface area contributed by atoms with Gasteiger partial charge in [-0.25, -0.2) is 13.1 Å². The Morgan fingerprint density at radius 1 is 1.41 bits per heavy atom. The Balaban J connectivity index is 2.56.